The van der Waals surface area contributed by atoms with Gasteiger partial charge in [0, 0.05) is 24.7 Å². The van der Waals surface area contributed by atoms with E-state index in [1.54, 1.807) is 0 Å². The molecule has 2 fully saturated rings. The highest BCUT2D eigenvalue weighted by Gasteiger charge is 2.40. The van der Waals surface area contributed by atoms with E-state index in [0.29, 0.717) is 5.54 Å². The molecule has 1 saturated heterocycles. The third-order valence-electron chi connectivity index (χ3n) is 4.43. The van der Waals surface area contributed by atoms with Crippen LogP contribution < -0.4 is 5.32 Å². The van der Waals surface area contributed by atoms with Crippen LogP contribution in [0.5, 0.6) is 0 Å². The maximum absolute atomic E-state index is 3.45. The molecule has 1 heterocycles. The van der Waals surface area contributed by atoms with Crippen molar-refractivity contribution in [3.05, 3.63) is 0 Å². The van der Waals surface area contributed by atoms with Crippen molar-refractivity contribution < 1.29 is 0 Å². The quantitative estimate of drug-likeness (QED) is 0.741. The van der Waals surface area contributed by atoms with Gasteiger partial charge in [0.1, 0.15) is 0 Å². The summed E-state index contributed by atoms with van der Waals surface area (Å²) in [5, 5.41) is 3.45. The Balaban J connectivity index is 1.88. The second kappa shape index (κ2) is 4.40. The lowest BCUT2D eigenvalue weighted by Crippen LogP contribution is -2.58. The fourth-order valence-electron chi connectivity index (χ4n) is 2.94. The van der Waals surface area contributed by atoms with Crippen LogP contribution in [0.3, 0.4) is 0 Å². The van der Waals surface area contributed by atoms with Crippen LogP contribution in [0.15, 0.2) is 0 Å². The van der Waals surface area contributed by atoms with Crippen molar-refractivity contribution in [3.8, 4) is 0 Å². The van der Waals surface area contributed by atoms with E-state index in [0.717, 1.165) is 6.04 Å². The molecule has 0 aromatic heterocycles. The molecule has 2 aliphatic rings. The van der Waals surface area contributed by atoms with Gasteiger partial charge in [0.15, 0.2) is 0 Å². The Kier molecular flexibility index (Phi) is 3.33. The lowest BCUT2D eigenvalue weighted by Gasteiger charge is -2.50. The van der Waals surface area contributed by atoms with Gasteiger partial charge in [-0.05, 0) is 53.4 Å². The number of nitrogens with zero attached hydrogens (tertiary/aromatic N) is 2. The molecule has 0 aromatic carbocycles. The van der Waals surface area contributed by atoms with Gasteiger partial charge in [-0.1, -0.05) is 0 Å². The Morgan fingerprint density at radius 2 is 2.00 bits per heavy atom. The average molecular weight is 211 g/mol. The van der Waals surface area contributed by atoms with Crippen molar-refractivity contribution in [2.45, 2.75) is 37.3 Å². The molecule has 15 heavy (non-hydrogen) atoms. The van der Waals surface area contributed by atoms with Crippen LogP contribution in [0.25, 0.3) is 0 Å². The number of hydrogen-bond acceptors (Lipinski definition) is 3. The standard InChI is InChI=1S/C12H25N3/c1-14(2)12(6-4-7-12)10-15(3)11-5-8-13-9-11/h11,13H,4-10H2,1-3H3. The zero-order valence-electron chi connectivity index (χ0n) is 10.4. The number of likely N-dealkylation sites (N-methyl/N-ethyl adjacent to an activating group) is 2. The van der Waals surface area contributed by atoms with Gasteiger partial charge in [-0.25, -0.2) is 0 Å². The molecular weight excluding hydrogens is 186 g/mol. The van der Waals surface area contributed by atoms with E-state index in [2.05, 4.69) is 36.3 Å². The highest BCUT2D eigenvalue weighted by molar-refractivity contribution is 4.99. The highest BCUT2D eigenvalue weighted by Crippen LogP contribution is 2.37. The Hall–Kier alpha value is -0.120. The molecule has 1 atom stereocenters. The molecule has 1 aliphatic carbocycles. The van der Waals surface area contributed by atoms with Crippen LogP contribution in [-0.4, -0.2) is 62.2 Å². The summed E-state index contributed by atoms with van der Waals surface area (Å²) in [6.45, 7) is 3.62. The van der Waals surface area contributed by atoms with Crippen LogP contribution in [0.1, 0.15) is 25.7 Å². The molecule has 0 aromatic rings. The van der Waals surface area contributed by atoms with Gasteiger partial charge in [0.25, 0.3) is 0 Å². The number of nitrogens with one attached hydrogen (secondary N) is 1. The SMILES string of the molecule is CN(CC1(N(C)C)CCC1)C1CCNC1. The summed E-state index contributed by atoms with van der Waals surface area (Å²) in [6.07, 6.45) is 5.49. The summed E-state index contributed by atoms with van der Waals surface area (Å²) < 4.78 is 0. The van der Waals surface area contributed by atoms with E-state index >= 15 is 0 Å². The zero-order valence-corrected chi connectivity index (χ0v) is 10.4. The van der Waals surface area contributed by atoms with Gasteiger partial charge in [-0.2, -0.15) is 0 Å². The number of rotatable bonds is 4. The van der Waals surface area contributed by atoms with Crippen molar-refractivity contribution in [1.82, 2.24) is 15.1 Å². The molecule has 2 rings (SSSR count). The summed E-state index contributed by atoms with van der Waals surface area (Å²) >= 11 is 0. The first kappa shape index (κ1) is 11.4. The predicted octanol–water partition coefficient (Wildman–Crippen LogP) is 0.764. The molecule has 1 N–H and O–H groups in total. The van der Waals surface area contributed by atoms with Crippen molar-refractivity contribution in [3.63, 3.8) is 0 Å². The topological polar surface area (TPSA) is 18.5 Å². The molecule has 0 radical (unpaired) electrons. The van der Waals surface area contributed by atoms with E-state index in [-0.39, 0.29) is 0 Å². The minimum Gasteiger partial charge on any atom is -0.315 e. The van der Waals surface area contributed by atoms with Crippen LogP contribution in [0, 0.1) is 0 Å². The molecule has 0 bridgehead atoms. The Morgan fingerprint density at radius 3 is 2.40 bits per heavy atom. The Morgan fingerprint density at radius 1 is 1.27 bits per heavy atom. The molecule has 3 nitrogen and oxygen atoms in total. The fourth-order valence-corrected chi connectivity index (χ4v) is 2.94. The molecule has 88 valence electrons. The molecule has 1 unspecified atom stereocenters. The fraction of sp³-hybridized carbons (Fsp3) is 1.00. The molecule has 1 saturated carbocycles. The zero-order chi connectivity index (χ0) is 10.9. The number of hydrogen-bond donors (Lipinski definition) is 1. The minimum atomic E-state index is 0.483. The minimum absolute atomic E-state index is 0.483. The highest BCUT2D eigenvalue weighted by atomic mass is 15.2. The Bertz CT molecular complexity index is 205. The molecule has 3 heteroatoms. The van der Waals surface area contributed by atoms with Gasteiger partial charge in [-0.3, -0.25) is 0 Å². The van der Waals surface area contributed by atoms with Crippen LogP contribution in [0.2, 0.25) is 0 Å². The van der Waals surface area contributed by atoms with Crippen LogP contribution >= 0.6 is 0 Å². The van der Waals surface area contributed by atoms with Gasteiger partial charge in [-0.15, -0.1) is 0 Å². The summed E-state index contributed by atoms with van der Waals surface area (Å²) in [7, 11) is 6.76. The average Bonchev–Trinajstić information content (AvgIpc) is 2.62. The summed E-state index contributed by atoms with van der Waals surface area (Å²) in [6, 6.07) is 0.766. The van der Waals surface area contributed by atoms with E-state index in [1.807, 2.05) is 0 Å². The second-order valence-corrected chi connectivity index (χ2v) is 5.53. The molecule has 0 spiro atoms. The van der Waals surface area contributed by atoms with E-state index in [4.69, 9.17) is 0 Å². The first-order chi connectivity index (χ1) is 7.14. The van der Waals surface area contributed by atoms with E-state index in [1.165, 1.54) is 45.3 Å². The van der Waals surface area contributed by atoms with Gasteiger partial charge in [0.05, 0.1) is 0 Å². The first-order valence-electron chi connectivity index (χ1n) is 6.22. The second-order valence-electron chi connectivity index (χ2n) is 5.53. The maximum Gasteiger partial charge on any atom is 0.0330 e. The summed E-state index contributed by atoms with van der Waals surface area (Å²) in [5.41, 5.74) is 0.483. The smallest absolute Gasteiger partial charge is 0.0330 e. The van der Waals surface area contributed by atoms with Crippen LogP contribution in [0.4, 0.5) is 0 Å². The lowest BCUT2D eigenvalue weighted by molar-refractivity contribution is 0.0183. The summed E-state index contributed by atoms with van der Waals surface area (Å²) in [5.74, 6) is 0. The van der Waals surface area contributed by atoms with E-state index < -0.39 is 0 Å². The van der Waals surface area contributed by atoms with Crippen molar-refractivity contribution in [2.24, 2.45) is 0 Å². The largest absolute Gasteiger partial charge is 0.315 e. The normalized spacial score (nSPS) is 29.8. The van der Waals surface area contributed by atoms with Gasteiger partial charge >= 0.3 is 0 Å². The Labute approximate surface area is 93.8 Å². The van der Waals surface area contributed by atoms with Crippen molar-refractivity contribution in [1.29, 1.82) is 0 Å². The third-order valence-corrected chi connectivity index (χ3v) is 4.43. The van der Waals surface area contributed by atoms with Crippen LogP contribution in [-0.2, 0) is 0 Å². The predicted molar refractivity (Wildman–Crippen MR) is 64.2 cm³/mol. The van der Waals surface area contributed by atoms with Gasteiger partial charge in [0.2, 0.25) is 0 Å². The van der Waals surface area contributed by atoms with Gasteiger partial charge < -0.3 is 15.1 Å². The summed E-state index contributed by atoms with van der Waals surface area (Å²) in [4.78, 5) is 5.01. The monoisotopic (exact) mass is 211 g/mol. The molecule has 1 aliphatic heterocycles. The third kappa shape index (κ3) is 2.19. The van der Waals surface area contributed by atoms with Crippen molar-refractivity contribution in [2.75, 3.05) is 40.8 Å². The molecule has 0 amide bonds. The maximum atomic E-state index is 3.45. The molecular formula is C12H25N3. The van der Waals surface area contributed by atoms with E-state index in [9.17, 15) is 0 Å². The first-order valence-corrected chi connectivity index (χ1v) is 6.22. The van der Waals surface area contributed by atoms with Crippen molar-refractivity contribution >= 4 is 0 Å². The lowest BCUT2D eigenvalue weighted by atomic mass is 9.75.